The van der Waals surface area contributed by atoms with E-state index in [0.717, 1.165) is 37.1 Å². The van der Waals surface area contributed by atoms with Crippen LogP contribution in [0.3, 0.4) is 0 Å². The molecule has 0 aliphatic carbocycles. The maximum absolute atomic E-state index is 12.5. The summed E-state index contributed by atoms with van der Waals surface area (Å²) in [6.07, 6.45) is -0.923. The van der Waals surface area contributed by atoms with Crippen LogP contribution in [0.1, 0.15) is 30.9 Å². The van der Waals surface area contributed by atoms with Gasteiger partial charge in [0.2, 0.25) is 0 Å². The molecule has 0 saturated heterocycles. The molecule has 0 unspecified atom stereocenters. The molecule has 0 bridgehead atoms. The molecular formula is C17H18F3N. The summed E-state index contributed by atoms with van der Waals surface area (Å²) in [7, 11) is 0. The summed E-state index contributed by atoms with van der Waals surface area (Å²) in [6, 6.07) is 13.0. The maximum Gasteiger partial charge on any atom is 0.416 e. The first-order valence-electron chi connectivity index (χ1n) is 7.02. The molecule has 0 radical (unpaired) electrons. The topological polar surface area (TPSA) is 12.0 Å². The van der Waals surface area contributed by atoms with Crippen molar-refractivity contribution < 1.29 is 13.2 Å². The van der Waals surface area contributed by atoms with Crippen LogP contribution in [0.2, 0.25) is 0 Å². The van der Waals surface area contributed by atoms with Gasteiger partial charge in [0.15, 0.2) is 0 Å². The number of aryl methyl sites for hydroxylation is 1. The molecule has 0 fully saturated rings. The third kappa shape index (κ3) is 4.52. The van der Waals surface area contributed by atoms with Crippen molar-refractivity contribution in [2.45, 2.75) is 32.4 Å². The van der Waals surface area contributed by atoms with E-state index in [-0.39, 0.29) is 0 Å². The van der Waals surface area contributed by atoms with Gasteiger partial charge in [-0.1, -0.05) is 25.5 Å². The predicted octanol–water partition coefficient (Wildman–Crippen LogP) is 5.79. The summed E-state index contributed by atoms with van der Waals surface area (Å²) in [4.78, 5) is 0. The molecule has 1 N–H and O–H groups in total. The van der Waals surface area contributed by atoms with Gasteiger partial charge >= 0.3 is 6.18 Å². The average molecular weight is 293 g/mol. The first-order valence-corrected chi connectivity index (χ1v) is 7.02. The van der Waals surface area contributed by atoms with Crippen LogP contribution in [0.4, 0.5) is 24.5 Å². The number of halogens is 3. The van der Waals surface area contributed by atoms with Crippen LogP contribution in [-0.2, 0) is 12.6 Å². The lowest BCUT2D eigenvalue weighted by molar-refractivity contribution is -0.137. The first kappa shape index (κ1) is 15.4. The molecule has 2 aromatic carbocycles. The number of nitrogens with one attached hydrogen (secondary N) is 1. The zero-order chi connectivity index (χ0) is 15.3. The van der Waals surface area contributed by atoms with E-state index >= 15 is 0 Å². The number of hydrogen-bond donors (Lipinski definition) is 1. The summed E-state index contributed by atoms with van der Waals surface area (Å²) >= 11 is 0. The van der Waals surface area contributed by atoms with E-state index in [4.69, 9.17) is 0 Å². The summed E-state index contributed by atoms with van der Waals surface area (Å²) in [5.41, 5.74) is 2.15. The van der Waals surface area contributed by atoms with Crippen LogP contribution in [0.15, 0.2) is 48.5 Å². The molecule has 0 atom stereocenters. The SMILES string of the molecule is CCCCc1ccc(Nc2ccc(C(F)(F)F)cc2)cc1. The fraction of sp³-hybridized carbons (Fsp3) is 0.294. The van der Waals surface area contributed by atoms with Gasteiger partial charge < -0.3 is 5.32 Å². The summed E-state index contributed by atoms with van der Waals surface area (Å²) in [5, 5.41) is 3.10. The zero-order valence-electron chi connectivity index (χ0n) is 11.9. The van der Waals surface area contributed by atoms with Gasteiger partial charge in [-0.05, 0) is 54.8 Å². The lowest BCUT2D eigenvalue weighted by Crippen LogP contribution is -2.04. The van der Waals surface area contributed by atoms with Crippen molar-refractivity contribution in [2.75, 3.05) is 5.32 Å². The fourth-order valence-electron chi connectivity index (χ4n) is 2.04. The molecule has 0 aliphatic rings. The second-order valence-corrected chi connectivity index (χ2v) is 5.00. The van der Waals surface area contributed by atoms with E-state index in [1.807, 2.05) is 24.3 Å². The largest absolute Gasteiger partial charge is 0.416 e. The minimum Gasteiger partial charge on any atom is -0.356 e. The highest BCUT2D eigenvalue weighted by molar-refractivity contribution is 5.60. The molecule has 21 heavy (non-hydrogen) atoms. The van der Waals surface area contributed by atoms with Crippen LogP contribution < -0.4 is 5.32 Å². The lowest BCUT2D eigenvalue weighted by Gasteiger charge is -2.10. The molecule has 4 heteroatoms. The van der Waals surface area contributed by atoms with E-state index in [9.17, 15) is 13.2 Å². The minimum atomic E-state index is -4.29. The Hall–Kier alpha value is -1.97. The monoisotopic (exact) mass is 293 g/mol. The molecular weight excluding hydrogens is 275 g/mol. The lowest BCUT2D eigenvalue weighted by atomic mass is 10.1. The van der Waals surface area contributed by atoms with Crippen molar-refractivity contribution in [3.63, 3.8) is 0 Å². The quantitative estimate of drug-likeness (QED) is 0.735. The molecule has 0 saturated carbocycles. The van der Waals surface area contributed by atoms with Crippen molar-refractivity contribution in [3.8, 4) is 0 Å². The summed E-state index contributed by atoms with van der Waals surface area (Å²) < 4.78 is 37.4. The highest BCUT2D eigenvalue weighted by Crippen LogP contribution is 2.30. The Labute approximate surface area is 122 Å². The number of alkyl halides is 3. The average Bonchev–Trinajstić information content (AvgIpc) is 2.46. The second kappa shape index (κ2) is 6.66. The van der Waals surface area contributed by atoms with Crippen LogP contribution in [0.25, 0.3) is 0 Å². The molecule has 112 valence electrons. The van der Waals surface area contributed by atoms with Gasteiger partial charge in [-0.2, -0.15) is 13.2 Å². The Kier molecular flexibility index (Phi) is 4.89. The number of hydrogen-bond acceptors (Lipinski definition) is 1. The van der Waals surface area contributed by atoms with Gasteiger partial charge in [0.25, 0.3) is 0 Å². The van der Waals surface area contributed by atoms with E-state index in [1.54, 1.807) is 0 Å². The smallest absolute Gasteiger partial charge is 0.356 e. The van der Waals surface area contributed by atoms with Crippen molar-refractivity contribution in [1.29, 1.82) is 0 Å². The number of unbranched alkanes of at least 4 members (excludes halogenated alkanes) is 1. The molecule has 0 heterocycles. The summed E-state index contributed by atoms with van der Waals surface area (Å²) in [5.74, 6) is 0. The van der Waals surface area contributed by atoms with Crippen LogP contribution in [0.5, 0.6) is 0 Å². The van der Waals surface area contributed by atoms with Gasteiger partial charge in [-0.3, -0.25) is 0 Å². The maximum atomic E-state index is 12.5. The van der Waals surface area contributed by atoms with Crippen LogP contribution in [0, 0.1) is 0 Å². The highest BCUT2D eigenvalue weighted by atomic mass is 19.4. The van der Waals surface area contributed by atoms with Crippen LogP contribution in [-0.4, -0.2) is 0 Å². The summed E-state index contributed by atoms with van der Waals surface area (Å²) in [6.45, 7) is 2.15. The Morgan fingerprint density at radius 3 is 1.86 bits per heavy atom. The Bertz CT molecular complexity index is 556. The second-order valence-electron chi connectivity index (χ2n) is 5.00. The Morgan fingerprint density at radius 2 is 1.38 bits per heavy atom. The standard InChI is InChI=1S/C17H18F3N/c1-2-3-4-13-5-9-15(10-6-13)21-16-11-7-14(8-12-16)17(18,19)20/h5-12,21H,2-4H2,1H3. The number of benzene rings is 2. The normalized spacial score (nSPS) is 11.4. The zero-order valence-corrected chi connectivity index (χ0v) is 11.9. The van der Waals surface area contributed by atoms with Crippen LogP contribution >= 0.6 is 0 Å². The van der Waals surface area contributed by atoms with Gasteiger partial charge in [-0.15, -0.1) is 0 Å². The van der Waals surface area contributed by atoms with Gasteiger partial charge in [0.1, 0.15) is 0 Å². The molecule has 0 aromatic heterocycles. The Morgan fingerprint density at radius 1 is 0.857 bits per heavy atom. The van der Waals surface area contributed by atoms with Gasteiger partial charge in [0.05, 0.1) is 5.56 Å². The fourth-order valence-corrected chi connectivity index (χ4v) is 2.04. The van der Waals surface area contributed by atoms with Crippen molar-refractivity contribution >= 4 is 11.4 Å². The van der Waals surface area contributed by atoms with E-state index in [1.165, 1.54) is 17.7 Å². The van der Waals surface area contributed by atoms with E-state index < -0.39 is 11.7 Å². The predicted molar refractivity (Wildman–Crippen MR) is 79.8 cm³/mol. The molecule has 1 nitrogen and oxygen atoms in total. The molecule has 0 spiro atoms. The van der Waals surface area contributed by atoms with Gasteiger partial charge in [-0.25, -0.2) is 0 Å². The molecule has 0 aliphatic heterocycles. The third-order valence-electron chi connectivity index (χ3n) is 3.27. The number of rotatable bonds is 5. The molecule has 0 amide bonds. The first-order chi connectivity index (χ1) is 9.99. The van der Waals surface area contributed by atoms with E-state index in [2.05, 4.69) is 12.2 Å². The van der Waals surface area contributed by atoms with Gasteiger partial charge in [0, 0.05) is 11.4 Å². The molecule has 2 aromatic rings. The third-order valence-corrected chi connectivity index (χ3v) is 3.27. The molecule has 2 rings (SSSR count). The highest BCUT2D eigenvalue weighted by Gasteiger charge is 2.29. The minimum absolute atomic E-state index is 0.636. The Balaban J connectivity index is 2.01. The van der Waals surface area contributed by atoms with Crippen molar-refractivity contribution in [1.82, 2.24) is 0 Å². The van der Waals surface area contributed by atoms with Crippen molar-refractivity contribution in [2.24, 2.45) is 0 Å². The number of anilines is 2. The van der Waals surface area contributed by atoms with Crippen molar-refractivity contribution in [3.05, 3.63) is 59.7 Å². The van der Waals surface area contributed by atoms with E-state index in [0.29, 0.717) is 5.69 Å².